The van der Waals surface area contributed by atoms with Crippen molar-refractivity contribution in [2.45, 2.75) is 45.2 Å². The summed E-state index contributed by atoms with van der Waals surface area (Å²) in [5.41, 5.74) is 2.24. The third-order valence-electron chi connectivity index (χ3n) is 6.32. The van der Waals surface area contributed by atoms with E-state index in [0.29, 0.717) is 23.1 Å². The first-order valence-electron chi connectivity index (χ1n) is 10.8. The van der Waals surface area contributed by atoms with Crippen LogP contribution in [0.1, 0.15) is 43.7 Å². The van der Waals surface area contributed by atoms with Crippen molar-refractivity contribution in [2.75, 3.05) is 19.0 Å². The summed E-state index contributed by atoms with van der Waals surface area (Å²) in [6.07, 6.45) is 3.53. The maximum atomic E-state index is 13.4. The van der Waals surface area contributed by atoms with E-state index in [9.17, 15) is 9.59 Å². The highest BCUT2D eigenvalue weighted by molar-refractivity contribution is 6.47. The van der Waals surface area contributed by atoms with Gasteiger partial charge in [-0.2, -0.15) is 0 Å². The smallest absolute Gasteiger partial charge is 0.275 e. The Morgan fingerprint density at radius 2 is 1.90 bits per heavy atom. The van der Waals surface area contributed by atoms with Crippen LogP contribution in [-0.4, -0.2) is 41.7 Å². The lowest BCUT2D eigenvalue weighted by Crippen LogP contribution is -2.51. The molecule has 0 aromatic heterocycles. The lowest BCUT2D eigenvalue weighted by molar-refractivity contribution is -0.134. The highest BCUT2D eigenvalue weighted by Gasteiger charge is 2.49. The zero-order valence-electron chi connectivity index (χ0n) is 18.4. The fourth-order valence-corrected chi connectivity index (χ4v) is 4.50. The summed E-state index contributed by atoms with van der Waals surface area (Å²) < 4.78 is 5.37. The van der Waals surface area contributed by atoms with Crippen LogP contribution < -0.4 is 10.1 Å². The molecule has 1 heterocycles. The topological polar surface area (TPSA) is 71.0 Å². The predicted octanol–water partition coefficient (Wildman–Crippen LogP) is 4.18. The van der Waals surface area contributed by atoms with Crippen LogP contribution in [0.2, 0.25) is 0 Å². The molecule has 6 nitrogen and oxygen atoms in total. The standard InChI is InChI=1S/C25H29N3O3/c1-17-11-13-25(14-12-17)27-23(19-7-5-4-6-8-19)24(30)28(25)16-22(29)26-20-15-18(2)9-10-21(20)31-3/h4-10,15,17H,11-14,16H2,1-3H3,(H,26,29). The summed E-state index contributed by atoms with van der Waals surface area (Å²) in [5.74, 6) is 0.768. The van der Waals surface area contributed by atoms with E-state index in [2.05, 4.69) is 12.2 Å². The number of nitrogens with zero attached hydrogens (tertiary/aromatic N) is 2. The van der Waals surface area contributed by atoms with Gasteiger partial charge in [-0.1, -0.05) is 43.3 Å². The van der Waals surface area contributed by atoms with Gasteiger partial charge in [0, 0.05) is 5.56 Å². The van der Waals surface area contributed by atoms with Gasteiger partial charge in [-0.3, -0.25) is 14.6 Å². The van der Waals surface area contributed by atoms with Crippen molar-refractivity contribution < 1.29 is 14.3 Å². The van der Waals surface area contributed by atoms with Gasteiger partial charge < -0.3 is 15.0 Å². The summed E-state index contributed by atoms with van der Waals surface area (Å²) in [7, 11) is 1.57. The Bertz CT molecular complexity index is 1010. The SMILES string of the molecule is COc1ccc(C)cc1NC(=O)CN1C(=O)C(c2ccccc2)=NC12CCC(C)CC2. The minimum atomic E-state index is -0.636. The lowest BCUT2D eigenvalue weighted by atomic mass is 9.82. The summed E-state index contributed by atoms with van der Waals surface area (Å²) >= 11 is 0. The second-order valence-electron chi connectivity index (χ2n) is 8.63. The Kier molecular flexibility index (Phi) is 5.81. The molecule has 1 aliphatic carbocycles. The second-order valence-corrected chi connectivity index (χ2v) is 8.63. The van der Waals surface area contributed by atoms with E-state index in [-0.39, 0.29) is 18.4 Å². The van der Waals surface area contributed by atoms with Gasteiger partial charge in [-0.15, -0.1) is 0 Å². The maximum absolute atomic E-state index is 13.4. The van der Waals surface area contributed by atoms with Crippen LogP contribution in [0.15, 0.2) is 53.5 Å². The number of hydrogen-bond acceptors (Lipinski definition) is 4. The first kappa shape index (κ1) is 21.1. The van der Waals surface area contributed by atoms with E-state index in [1.54, 1.807) is 12.0 Å². The number of anilines is 1. The Labute approximate surface area is 183 Å². The minimum Gasteiger partial charge on any atom is -0.495 e. The summed E-state index contributed by atoms with van der Waals surface area (Å²) in [6.45, 7) is 4.15. The molecule has 0 bridgehead atoms. The molecule has 0 saturated heterocycles. The van der Waals surface area contributed by atoms with Crippen molar-refractivity contribution in [1.82, 2.24) is 4.90 Å². The molecule has 2 aliphatic rings. The van der Waals surface area contributed by atoms with E-state index in [1.807, 2.05) is 55.5 Å². The van der Waals surface area contributed by atoms with Crippen molar-refractivity contribution in [3.8, 4) is 5.75 Å². The van der Waals surface area contributed by atoms with Crippen LogP contribution in [0.5, 0.6) is 5.75 Å². The van der Waals surface area contributed by atoms with Crippen LogP contribution in [0.25, 0.3) is 0 Å². The highest BCUT2D eigenvalue weighted by Crippen LogP contribution is 2.41. The number of aliphatic imine (C=N–C) groups is 1. The number of amides is 2. The lowest BCUT2D eigenvalue weighted by Gasteiger charge is -2.40. The molecule has 1 spiro atoms. The van der Waals surface area contributed by atoms with Crippen LogP contribution in [0.3, 0.4) is 0 Å². The summed E-state index contributed by atoms with van der Waals surface area (Å²) in [6, 6.07) is 15.1. The van der Waals surface area contributed by atoms with Gasteiger partial charge in [-0.25, -0.2) is 0 Å². The van der Waals surface area contributed by atoms with Crippen molar-refractivity contribution in [3.63, 3.8) is 0 Å². The number of ether oxygens (including phenoxy) is 1. The molecule has 6 heteroatoms. The van der Waals surface area contributed by atoms with Crippen LogP contribution >= 0.6 is 0 Å². The third kappa shape index (κ3) is 4.20. The number of aryl methyl sites for hydroxylation is 1. The minimum absolute atomic E-state index is 0.0376. The Morgan fingerprint density at radius 3 is 2.58 bits per heavy atom. The number of hydrogen-bond donors (Lipinski definition) is 1. The second kappa shape index (κ2) is 8.53. The summed E-state index contributed by atoms with van der Waals surface area (Å²) in [5, 5.41) is 2.93. The molecule has 2 aromatic rings. The molecule has 0 radical (unpaired) electrons. The third-order valence-corrected chi connectivity index (χ3v) is 6.32. The number of rotatable bonds is 5. The number of methoxy groups -OCH3 is 1. The average Bonchev–Trinajstić information content (AvgIpc) is 3.03. The molecule has 1 N–H and O–H groups in total. The number of benzene rings is 2. The average molecular weight is 420 g/mol. The van der Waals surface area contributed by atoms with E-state index in [4.69, 9.17) is 9.73 Å². The van der Waals surface area contributed by atoms with Crippen molar-refractivity contribution in [2.24, 2.45) is 10.9 Å². The maximum Gasteiger partial charge on any atom is 0.275 e. The van der Waals surface area contributed by atoms with Gasteiger partial charge in [0.05, 0.1) is 12.8 Å². The number of carbonyl (C=O) groups excluding carboxylic acids is 2. The normalized spacial score (nSPS) is 23.1. The molecule has 1 saturated carbocycles. The molecule has 0 unspecified atom stereocenters. The zero-order valence-corrected chi connectivity index (χ0v) is 18.4. The first-order valence-corrected chi connectivity index (χ1v) is 10.8. The molecule has 1 aliphatic heterocycles. The first-order chi connectivity index (χ1) is 14.9. The molecular weight excluding hydrogens is 390 g/mol. The van der Waals surface area contributed by atoms with Crippen LogP contribution in [-0.2, 0) is 9.59 Å². The predicted molar refractivity (Wildman–Crippen MR) is 121 cm³/mol. The molecule has 2 amide bonds. The van der Waals surface area contributed by atoms with Crippen molar-refractivity contribution >= 4 is 23.2 Å². The highest BCUT2D eigenvalue weighted by atomic mass is 16.5. The van der Waals surface area contributed by atoms with Crippen molar-refractivity contribution in [3.05, 3.63) is 59.7 Å². The molecule has 31 heavy (non-hydrogen) atoms. The summed E-state index contributed by atoms with van der Waals surface area (Å²) in [4.78, 5) is 33.1. The van der Waals surface area contributed by atoms with Gasteiger partial charge >= 0.3 is 0 Å². The van der Waals surface area contributed by atoms with E-state index < -0.39 is 5.66 Å². The Balaban J connectivity index is 1.59. The monoisotopic (exact) mass is 419 g/mol. The van der Waals surface area contributed by atoms with Gasteiger partial charge in [-0.05, 0) is 56.2 Å². The molecule has 2 aromatic carbocycles. The van der Waals surface area contributed by atoms with Gasteiger partial charge in [0.1, 0.15) is 23.7 Å². The number of carbonyl (C=O) groups is 2. The van der Waals surface area contributed by atoms with Gasteiger partial charge in [0.25, 0.3) is 5.91 Å². The van der Waals surface area contributed by atoms with Gasteiger partial charge in [0.15, 0.2) is 0 Å². The molecule has 0 atom stereocenters. The zero-order chi connectivity index (χ0) is 22.0. The molecule has 162 valence electrons. The molecular formula is C25H29N3O3. The molecule has 1 fully saturated rings. The fourth-order valence-electron chi connectivity index (χ4n) is 4.50. The Hall–Kier alpha value is -3.15. The van der Waals surface area contributed by atoms with E-state index in [0.717, 1.165) is 36.8 Å². The van der Waals surface area contributed by atoms with Crippen LogP contribution in [0, 0.1) is 12.8 Å². The Morgan fingerprint density at radius 1 is 1.19 bits per heavy atom. The van der Waals surface area contributed by atoms with Crippen LogP contribution in [0.4, 0.5) is 5.69 Å². The van der Waals surface area contributed by atoms with E-state index >= 15 is 0 Å². The molecule has 4 rings (SSSR count). The quantitative estimate of drug-likeness (QED) is 0.790. The van der Waals surface area contributed by atoms with E-state index in [1.165, 1.54) is 0 Å². The number of nitrogens with one attached hydrogen (secondary N) is 1. The van der Waals surface area contributed by atoms with Gasteiger partial charge in [0.2, 0.25) is 5.91 Å². The largest absolute Gasteiger partial charge is 0.495 e. The van der Waals surface area contributed by atoms with Crippen molar-refractivity contribution in [1.29, 1.82) is 0 Å². The fraction of sp³-hybridized carbons (Fsp3) is 0.400.